The van der Waals surface area contributed by atoms with Crippen LogP contribution in [0.25, 0.3) is 0 Å². The second kappa shape index (κ2) is 6.30. The van der Waals surface area contributed by atoms with E-state index in [9.17, 15) is 4.79 Å². The van der Waals surface area contributed by atoms with Crippen LogP contribution in [0.3, 0.4) is 0 Å². The lowest BCUT2D eigenvalue weighted by molar-refractivity contribution is -0.145. The van der Waals surface area contributed by atoms with Gasteiger partial charge in [-0.1, -0.05) is 6.92 Å². The number of nitrogens with one attached hydrogen (secondary N) is 1. The number of ether oxygens (including phenoxy) is 1. The van der Waals surface area contributed by atoms with Gasteiger partial charge in [0.05, 0.1) is 18.7 Å². The van der Waals surface area contributed by atoms with Crippen molar-refractivity contribution in [1.29, 1.82) is 0 Å². The molecule has 0 aliphatic heterocycles. The summed E-state index contributed by atoms with van der Waals surface area (Å²) in [5.41, 5.74) is 0.918. The van der Waals surface area contributed by atoms with Gasteiger partial charge >= 0.3 is 5.97 Å². The summed E-state index contributed by atoms with van der Waals surface area (Å²) in [4.78, 5) is 19.6. The van der Waals surface area contributed by atoms with E-state index in [0.29, 0.717) is 6.54 Å². The second-order valence-corrected chi connectivity index (χ2v) is 4.08. The fourth-order valence-electron chi connectivity index (χ4n) is 1.44. The number of carbonyl (C=O) groups excluding carboxylic acids is 1. The maximum Gasteiger partial charge on any atom is 0.309 e. The van der Waals surface area contributed by atoms with Gasteiger partial charge in [0, 0.05) is 18.8 Å². The minimum Gasteiger partial charge on any atom is -0.469 e. The van der Waals surface area contributed by atoms with Crippen molar-refractivity contribution >= 4 is 5.97 Å². The molecular weight excluding hydrogens is 218 g/mol. The van der Waals surface area contributed by atoms with E-state index >= 15 is 0 Å². The Bertz CT molecular complexity index is 382. The van der Waals surface area contributed by atoms with E-state index in [0.717, 1.165) is 11.5 Å². The Balaban J connectivity index is 2.48. The smallest absolute Gasteiger partial charge is 0.309 e. The zero-order valence-corrected chi connectivity index (χ0v) is 10.7. The van der Waals surface area contributed by atoms with Gasteiger partial charge in [0.25, 0.3) is 0 Å². The number of carbonyl (C=O) groups is 1. The van der Waals surface area contributed by atoms with Crippen LogP contribution in [0, 0.1) is 12.8 Å². The van der Waals surface area contributed by atoms with Gasteiger partial charge in [-0.3, -0.25) is 4.79 Å². The highest BCUT2D eigenvalue weighted by molar-refractivity contribution is 5.72. The van der Waals surface area contributed by atoms with Crippen LogP contribution >= 0.6 is 0 Å². The third-order valence-electron chi connectivity index (χ3n) is 2.76. The molecule has 1 aromatic heterocycles. The largest absolute Gasteiger partial charge is 0.469 e. The van der Waals surface area contributed by atoms with E-state index < -0.39 is 0 Å². The minimum atomic E-state index is -0.205. The van der Waals surface area contributed by atoms with E-state index in [4.69, 9.17) is 4.74 Å². The molecule has 5 heteroatoms. The Hall–Kier alpha value is -1.49. The van der Waals surface area contributed by atoms with Crippen LogP contribution in [0.4, 0.5) is 0 Å². The fourth-order valence-corrected chi connectivity index (χ4v) is 1.44. The molecule has 0 aromatic carbocycles. The standard InChI is InChI=1S/C12H19N3O2/c1-8(12(16)17-4)9(2)14-7-11-5-6-13-10(3)15-11/h5-6,8-9,14H,7H2,1-4H3. The highest BCUT2D eigenvalue weighted by atomic mass is 16.5. The first-order valence-electron chi connectivity index (χ1n) is 5.64. The van der Waals surface area contributed by atoms with E-state index in [1.807, 2.05) is 26.8 Å². The van der Waals surface area contributed by atoms with E-state index in [2.05, 4.69) is 15.3 Å². The number of nitrogens with zero attached hydrogens (tertiary/aromatic N) is 2. The summed E-state index contributed by atoms with van der Waals surface area (Å²) in [5, 5.41) is 3.25. The molecule has 0 aliphatic carbocycles. The van der Waals surface area contributed by atoms with Crippen molar-refractivity contribution in [3.8, 4) is 0 Å². The highest BCUT2D eigenvalue weighted by Crippen LogP contribution is 2.05. The molecule has 2 unspecified atom stereocenters. The lowest BCUT2D eigenvalue weighted by atomic mass is 10.0. The molecule has 94 valence electrons. The number of hydrogen-bond donors (Lipinski definition) is 1. The number of rotatable bonds is 5. The lowest BCUT2D eigenvalue weighted by Gasteiger charge is -2.18. The molecule has 0 aliphatic rings. The molecule has 2 atom stereocenters. The van der Waals surface area contributed by atoms with Crippen molar-refractivity contribution in [2.24, 2.45) is 5.92 Å². The van der Waals surface area contributed by atoms with Crippen molar-refractivity contribution in [1.82, 2.24) is 15.3 Å². The van der Waals surface area contributed by atoms with Crippen molar-refractivity contribution in [2.75, 3.05) is 7.11 Å². The summed E-state index contributed by atoms with van der Waals surface area (Å²) in [6.45, 7) is 6.26. The average molecular weight is 237 g/mol. The fraction of sp³-hybridized carbons (Fsp3) is 0.583. The summed E-state index contributed by atoms with van der Waals surface area (Å²) in [6.07, 6.45) is 1.73. The maximum atomic E-state index is 11.3. The summed E-state index contributed by atoms with van der Waals surface area (Å²) < 4.78 is 4.70. The van der Waals surface area contributed by atoms with Crippen molar-refractivity contribution in [3.05, 3.63) is 23.8 Å². The molecule has 0 bridgehead atoms. The zero-order valence-electron chi connectivity index (χ0n) is 10.7. The quantitative estimate of drug-likeness (QED) is 0.776. The minimum absolute atomic E-state index is 0.0396. The molecule has 1 rings (SSSR count). The van der Waals surface area contributed by atoms with Gasteiger partial charge in [-0.2, -0.15) is 0 Å². The lowest BCUT2D eigenvalue weighted by Crippen LogP contribution is -2.36. The van der Waals surface area contributed by atoms with Gasteiger partial charge in [-0.15, -0.1) is 0 Å². The van der Waals surface area contributed by atoms with Gasteiger partial charge in [0.15, 0.2) is 0 Å². The predicted molar refractivity (Wildman–Crippen MR) is 64.3 cm³/mol. The SMILES string of the molecule is COC(=O)C(C)C(C)NCc1ccnc(C)n1. The second-order valence-electron chi connectivity index (χ2n) is 4.08. The van der Waals surface area contributed by atoms with Crippen LogP contribution < -0.4 is 5.32 Å². The Labute approximate surface area is 102 Å². The molecule has 0 spiro atoms. The van der Waals surface area contributed by atoms with Gasteiger partial charge < -0.3 is 10.1 Å². The first-order chi connectivity index (χ1) is 8.04. The summed E-state index contributed by atoms with van der Waals surface area (Å²) in [7, 11) is 1.40. The Morgan fingerprint density at radius 2 is 2.24 bits per heavy atom. The number of esters is 1. The van der Waals surface area contributed by atoms with Crippen molar-refractivity contribution < 1.29 is 9.53 Å². The van der Waals surface area contributed by atoms with E-state index in [-0.39, 0.29) is 17.9 Å². The van der Waals surface area contributed by atoms with Crippen LogP contribution in [-0.2, 0) is 16.1 Å². The van der Waals surface area contributed by atoms with Crippen molar-refractivity contribution in [3.63, 3.8) is 0 Å². The number of hydrogen-bond acceptors (Lipinski definition) is 5. The summed E-state index contributed by atoms with van der Waals surface area (Å²) in [5.74, 6) is 0.366. The predicted octanol–water partition coefficient (Wildman–Crippen LogP) is 1.07. The molecule has 5 nitrogen and oxygen atoms in total. The zero-order chi connectivity index (χ0) is 12.8. The molecule has 0 fully saturated rings. The van der Waals surface area contributed by atoms with Crippen LogP contribution in [0.2, 0.25) is 0 Å². The highest BCUT2D eigenvalue weighted by Gasteiger charge is 2.20. The first-order valence-corrected chi connectivity index (χ1v) is 5.64. The Morgan fingerprint density at radius 3 is 2.82 bits per heavy atom. The normalized spacial score (nSPS) is 14.1. The molecule has 1 N–H and O–H groups in total. The Morgan fingerprint density at radius 1 is 1.53 bits per heavy atom. The summed E-state index contributed by atoms with van der Waals surface area (Å²) in [6, 6.07) is 1.90. The molecule has 1 heterocycles. The van der Waals surface area contributed by atoms with E-state index in [1.165, 1.54) is 7.11 Å². The summed E-state index contributed by atoms with van der Waals surface area (Å²) >= 11 is 0. The van der Waals surface area contributed by atoms with Gasteiger partial charge in [0.2, 0.25) is 0 Å². The molecule has 0 amide bonds. The molecule has 0 saturated heterocycles. The average Bonchev–Trinajstić information content (AvgIpc) is 2.34. The number of aryl methyl sites for hydroxylation is 1. The van der Waals surface area contributed by atoms with Crippen LogP contribution in [0.1, 0.15) is 25.4 Å². The topological polar surface area (TPSA) is 64.1 Å². The first kappa shape index (κ1) is 13.6. The third kappa shape index (κ3) is 4.11. The number of methoxy groups -OCH3 is 1. The van der Waals surface area contributed by atoms with Gasteiger partial charge in [0.1, 0.15) is 5.82 Å². The van der Waals surface area contributed by atoms with Gasteiger partial charge in [-0.25, -0.2) is 9.97 Å². The molecule has 17 heavy (non-hydrogen) atoms. The third-order valence-corrected chi connectivity index (χ3v) is 2.76. The molecule has 0 saturated carbocycles. The van der Waals surface area contributed by atoms with Crippen LogP contribution in [0.5, 0.6) is 0 Å². The molecule has 1 aromatic rings. The van der Waals surface area contributed by atoms with Gasteiger partial charge in [-0.05, 0) is 19.9 Å². The Kier molecular flexibility index (Phi) is 5.03. The van der Waals surface area contributed by atoms with Crippen LogP contribution in [0.15, 0.2) is 12.3 Å². The van der Waals surface area contributed by atoms with E-state index in [1.54, 1.807) is 6.20 Å². The number of aromatic nitrogens is 2. The maximum absolute atomic E-state index is 11.3. The van der Waals surface area contributed by atoms with Crippen molar-refractivity contribution in [2.45, 2.75) is 33.4 Å². The molecule has 0 radical (unpaired) electrons. The molecular formula is C12H19N3O2. The van der Waals surface area contributed by atoms with Crippen LogP contribution in [-0.4, -0.2) is 29.1 Å². The monoisotopic (exact) mass is 237 g/mol.